The summed E-state index contributed by atoms with van der Waals surface area (Å²) in [4.78, 5) is 21.5. The maximum absolute atomic E-state index is 12.5. The lowest BCUT2D eigenvalue weighted by Gasteiger charge is -2.47. The van der Waals surface area contributed by atoms with Gasteiger partial charge in [0.1, 0.15) is 5.60 Å². The molecular weight excluding hydrogens is 500 g/mol. The van der Waals surface area contributed by atoms with Crippen molar-refractivity contribution < 1.29 is 9.53 Å². The standard InChI is InChI=1S/C32H32N6O2/c1-31(2,3)40-30(39)37-20-32(21-37)10-12-35(19-32)26-8-9-27-25(14-26)18-36-17-24(23-6-4-22(16-33)5-7-23)15-28(36)29-34-11-13-38(27)29/h4-9,11,13-15,17H,10,12,18-21H2,1-3H3. The number of nitriles is 1. The third-order valence-electron chi connectivity index (χ3n) is 8.28. The highest BCUT2D eigenvalue weighted by molar-refractivity contribution is 5.73. The Kier molecular flexibility index (Phi) is 5.36. The van der Waals surface area contributed by atoms with Gasteiger partial charge in [-0.2, -0.15) is 5.26 Å². The van der Waals surface area contributed by atoms with Crippen molar-refractivity contribution in [2.24, 2.45) is 5.41 Å². The predicted octanol–water partition coefficient (Wildman–Crippen LogP) is 5.69. The van der Waals surface area contributed by atoms with E-state index in [-0.39, 0.29) is 11.5 Å². The SMILES string of the molecule is CC(C)(C)OC(=O)N1CC2(CCN(c3ccc4c(c3)Cn3cc(-c5ccc(C#N)cc5)cc3-c3nccn3-4)C2)C1. The third-order valence-corrected chi connectivity index (χ3v) is 8.28. The van der Waals surface area contributed by atoms with Gasteiger partial charge in [-0.1, -0.05) is 12.1 Å². The summed E-state index contributed by atoms with van der Waals surface area (Å²) in [5.41, 5.74) is 7.19. The lowest BCUT2D eigenvalue weighted by molar-refractivity contribution is -0.0266. The van der Waals surface area contributed by atoms with Crippen LogP contribution in [0.4, 0.5) is 10.5 Å². The zero-order valence-electron chi connectivity index (χ0n) is 23.1. The third kappa shape index (κ3) is 4.13. The molecule has 1 amide bonds. The molecule has 202 valence electrons. The normalized spacial score (nSPS) is 16.9. The van der Waals surface area contributed by atoms with Crippen LogP contribution in [0.25, 0.3) is 28.3 Å². The second-order valence-corrected chi connectivity index (χ2v) is 12.4. The number of ether oxygens (including phenoxy) is 1. The van der Waals surface area contributed by atoms with E-state index in [4.69, 9.17) is 15.0 Å². The zero-order chi connectivity index (χ0) is 27.6. The molecule has 0 unspecified atom stereocenters. The van der Waals surface area contributed by atoms with E-state index >= 15 is 0 Å². The summed E-state index contributed by atoms with van der Waals surface area (Å²) in [6, 6.07) is 18.8. The summed E-state index contributed by atoms with van der Waals surface area (Å²) in [6.45, 7) is 9.91. The Labute approximate surface area is 234 Å². The molecule has 4 aromatic rings. The van der Waals surface area contributed by atoms with Gasteiger partial charge >= 0.3 is 6.09 Å². The van der Waals surface area contributed by atoms with E-state index in [0.29, 0.717) is 5.56 Å². The number of imidazole rings is 1. The van der Waals surface area contributed by atoms with Crippen LogP contribution in [0.1, 0.15) is 38.3 Å². The maximum atomic E-state index is 12.5. The quantitative estimate of drug-likeness (QED) is 0.292. The number of fused-ring (bicyclic) bond motifs is 5. The summed E-state index contributed by atoms with van der Waals surface area (Å²) < 4.78 is 10.0. The van der Waals surface area contributed by atoms with Crippen LogP contribution in [0.5, 0.6) is 0 Å². The first-order chi connectivity index (χ1) is 19.2. The molecule has 0 saturated carbocycles. The number of carbonyl (C=O) groups excluding carboxylic acids is 1. The van der Waals surface area contributed by atoms with Crippen LogP contribution < -0.4 is 4.90 Å². The molecule has 0 bridgehead atoms. The highest BCUT2D eigenvalue weighted by Crippen LogP contribution is 2.43. The van der Waals surface area contributed by atoms with Crippen molar-refractivity contribution in [3.8, 4) is 34.4 Å². The van der Waals surface area contributed by atoms with Gasteiger partial charge in [0.2, 0.25) is 0 Å². The second-order valence-electron chi connectivity index (χ2n) is 12.4. The van der Waals surface area contributed by atoms with E-state index in [1.165, 1.54) is 11.3 Å². The zero-order valence-corrected chi connectivity index (χ0v) is 23.1. The van der Waals surface area contributed by atoms with E-state index in [0.717, 1.165) is 67.5 Å². The number of anilines is 1. The fraction of sp³-hybridized carbons (Fsp3) is 0.344. The minimum Gasteiger partial charge on any atom is -0.444 e. The van der Waals surface area contributed by atoms with Crippen LogP contribution in [-0.2, 0) is 11.3 Å². The molecule has 2 aromatic heterocycles. The van der Waals surface area contributed by atoms with Crippen LogP contribution in [0.2, 0.25) is 0 Å². The Bertz CT molecular complexity index is 1660. The average molecular weight is 533 g/mol. The highest BCUT2D eigenvalue weighted by Gasteiger charge is 2.50. The molecule has 2 aromatic carbocycles. The van der Waals surface area contributed by atoms with Gasteiger partial charge in [0.15, 0.2) is 5.82 Å². The summed E-state index contributed by atoms with van der Waals surface area (Å²) in [7, 11) is 0. The Hall–Kier alpha value is -4.51. The lowest BCUT2D eigenvalue weighted by Crippen LogP contribution is -2.60. The molecule has 8 nitrogen and oxygen atoms in total. The van der Waals surface area contributed by atoms with Crippen molar-refractivity contribution >= 4 is 11.8 Å². The van der Waals surface area contributed by atoms with Crippen molar-refractivity contribution in [3.05, 3.63) is 78.2 Å². The molecular formula is C32H32N6O2. The molecule has 0 atom stereocenters. The molecule has 7 rings (SSSR count). The number of benzene rings is 2. The molecule has 2 fully saturated rings. The van der Waals surface area contributed by atoms with Crippen LogP contribution in [0.3, 0.4) is 0 Å². The van der Waals surface area contributed by atoms with Crippen LogP contribution >= 0.6 is 0 Å². The number of nitrogens with zero attached hydrogens (tertiary/aromatic N) is 6. The molecule has 2 saturated heterocycles. The molecule has 3 aliphatic heterocycles. The summed E-state index contributed by atoms with van der Waals surface area (Å²) in [5.74, 6) is 0.920. The lowest BCUT2D eigenvalue weighted by atomic mass is 9.79. The van der Waals surface area contributed by atoms with Gasteiger partial charge < -0.3 is 19.1 Å². The van der Waals surface area contributed by atoms with Crippen LogP contribution in [-0.4, -0.2) is 56.9 Å². The van der Waals surface area contributed by atoms with Gasteiger partial charge in [-0.3, -0.25) is 4.57 Å². The smallest absolute Gasteiger partial charge is 0.410 e. The molecule has 0 aliphatic carbocycles. The Morgan fingerprint density at radius 2 is 1.85 bits per heavy atom. The molecule has 8 heteroatoms. The van der Waals surface area contributed by atoms with Crippen LogP contribution in [0.15, 0.2) is 67.1 Å². The topological polar surface area (TPSA) is 79.3 Å². The fourth-order valence-electron chi connectivity index (χ4n) is 6.36. The number of aromatic nitrogens is 3. The molecule has 0 N–H and O–H groups in total. The van der Waals surface area contributed by atoms with Crippen molar-refractivity contribution in [1.82, 2.24) is 19.0 Å². The fourth-order valence-corrected chi connectivity index (χ4v) is 6.36. The molecule has 5 heterocycles. The van der Waals surface area contributed by atoms with Gasteiger partial charge in [-0.05, 0) is 74.7 Å². The van der Waals surface area contributed by atoms with E-state index in [1.807, 2.05) is 62.3 Å². The maximum Gasteiger partial charge on any atom is 0.410 e. The second kappa shape index (κ2) is 8.75. The number of rotatable bonds is 2. The van der Waals surface area contributed by atoms with E-state index in [2.05, 4.69) is 50.6 Å². The van der Waals surface area contributed by atoms with Crippen molar-refractivity contribution in [2.75, 3.05) is 31.1 Å². The summed E-state index contributed by atoms with van der Waals surface area (Å²) >= 11 is 0. The van der Waals surface area contributed by atoms with Crippen LogP contribution in [0, 0.1) is 16.7 Å². The first-order valence-electron chi connectivity index (χ1n) is 13.8. The molecule has 0 radical (unpaired) electrons. The van der Waals surface area contributed by atoms with Gasteiger partial charge in [-0.25, -0.2) is 9.78 Å². The minimum atomic E-state index is -0.471. The van der Waals surface area contributed by atoms with E-state index in [9.17, 15) is 4.79 Å². The monoisotopic (exact) mass is 532 g/mol. The predicted molar refractivity (Wildman–Crippen MR) is 153 cm³/mol. The first-order valence-corrected chi connectivity index (χ1v) is 13.8. The minimum absolute atomic E-state index is 0.144. The highest BCUT2D eigenvalue weighted by atomic mass is 16.6. The van der Waals surface area contributed by atoms with Crippen molar-refractivity contribution in [2.45, 2.75) is 39.3 Å². The summed E-state index contributed by atoms with van der Waals surface area (Å²) in [6.07, 6.45) is 6.93. The van der Waals surface area contributed by atoms with E-state index in [1.54, 1.807) is 0 Å². The largest absolute Gasteiger partial charge is 0.444 e. The number of carbonyl (C=O) groups is 1. The number of hydrogen-bond donors (Lipinski definition) is 0. The van der Waals surface area contributed by atoms with Gasteiger partial charge in [0.25, 0.3) is 0 Å². The van der Waals surface area contributed by atoms with Crippen molar-refractivity contribution in [3.63, 3.8) is 0 Å². The molecule has 40 heavy (non-hydrogen) atoms. The van der Waals surface area contributed by atoms with Gasteiger partial charge in [0, 0.05) is 68.0 Å². The number of hydrogen-bond acceptors (Lipinski definition) is 5. The van der Waals surface area contributed by atoms with E-state index < -0.39 is 5.60 Å². The Morgan fingerprint density at radius 1 is 1.05 bits per heavy atom. The molecule has 3 aliphatic rings. The summed E-state index contributed by atoms with van der Waals surface area (Å²) in [5, 5.41) is 9.17. The van der Waals surface area contributed by atoms with Gasteiger partial charge in [0.05, 0.1) is 23.0 Å². The van der Waals surface area contributed by atoms with Gasteiger partial charge in [-0.15, -0.1) is 0 Å². The van der Waals surface area contributed by atoms with Crippen molar-refractivity contribution in [1.29, 1.82) is 5.26 Å². The average Bonchev–Trinajstić information content (AvgIpc) is 3.64. The molecule has 1 spiro atoms. The first kappa shape index (κ1) is 24.5. The Morgan fingerprint density at radius 3 is 2.60 bits per heavy atom. The number of likely N-dealkylation sites (tertiary alicyclic amines) is 1. The number of amides is 1. The Balaban J connectivity index is 1.14.